The van der Waals surface area contributed by atoms with Gasteiger partial charge in [-0.15, -0.1) is 0 Å². The molecule has 4 nitrogen and oxygen atoms in total. The van der Waals surface area contributed by atoms with Crippen LogP contribution in [0.5, 0.6) is 0 Å². The van der Waals surface area contributed by atoms with Crippen LogP contribution >= 0.6 is 0 Å². The number of pyridine rings is 1. The van der Waals surface area contributed by atoms with Crippen LogP contribution in [-0.4, -0.2) is 11.1 Å². The molecule has 0 saturated heterocycles. The van der Waals surface area contributed by atoms with E-state index >= 15 is 0 Å². The van der Waals surface area contributed by atoms with Crippen LogP contribution < -0.4 is 5.32 Å². The fourth-order valence-corrected chi connectivity index (χ4v) is 1.30. The summed E-state index contributed by atoms with van der Waals surface area (Å²) >= 11 is 0. The zero-order chi connectivity index (χ0) is 13.9. The minimum atomic E-state index is -0.465. The number of amides is 1. The molecule has 0 aliphatic rings. The van der Waals surface area contributed by atoms with Crippen molar-refractivity contribution >= 4 is 11.8 Å². The molecule has 0 aliphatic carbocycles. The van der Waals surface area contributed by atoms with Gasteiger partial charge in [0.1, 0.15) is 6.61 Å². The molecule has 0 atom stereocenters. The zero-order valence-corrected chi connectivity index (χ0v) is 11.2. The number of nitrogens with one attached hydrogen (secondary N) is 1. The fraction of sp³-hybridized carbons (Fsp3) is 0.200. The number of carbonyl (C=O) groups excluding carboxylic acids is 1. The third-order valence-electron chi connectivity index (χ3n) is 2.14. The Morgan fingerprint density at radius 2 is 1.74 bits per heavy atom. The van der Waals surface area contributed by atoms with Gasteiger partial charge in [0, 0.05) is 18.1 Å². The van der Waals surface area contributed by atoms with Crippen molar-refractivity contribution in [2.45, 2.75) is 20.5 Å². The van der Waals surface area contributed by atoms with E-state index in [1.54, 1.807) is 36.7 Å². The molecular formula is C15H18N2O2. The lowest BCUT2D eigenvalue weighted by Crippen LogP contribution is -2.13. The summed E-state index contributed by atoms with van der Waals surface area (Å²) in [6, 6.07) is 12.8. The normalized spacial score (nSPS) is 8.95. The Labute approximate surface area is 113 Å². The van der Waals surface area contributed by atoms with Gasteiger partial charge in [-0.3, -0.25) is 10.3 Å². The maximum Gasteiger partial charge on any atom is 0.411 e. The van der Waals surface area contributed by atoms with Crippen LogP contribution in [0, 0.1) is 0 Å². The van der Waals surface area contributed by atoms with E-state index in [1.807, 2.05) is 32.0 Å². The van der Waals surface area contributed by atoms with Crippen molar-refractivity contribution in [1.29, 1.82) is 0 Å². The number of nitrogens with zero attached hydrogens (tertiary/aromatic N) is 1. The fourth-order valence-electron chi connectivity index (χ4n) is 1.30. The van der Waals surface area contributed by atoms with Crippen molar-refractivity contribution in [3.05, 3.63) is 60.4 Å². The molecule has 0 fully saturated rings. The molecule has 2 rings (SSSR count). The van der Waals surface area contributed by atoms with Crippen LogP contribution in [0.15, 0.2) is 54.9 Å². The largest absolute Gasteiger partial charge is 0.444 e. The molecule has 4 heteroatoms. The average Bonchev–Trinajstić information content (AvgIpc) is 2.49. The Morgan fingerprint density at radius 1 is 1.11 bits per heavy atom. The molecule has 0 radical (unpaired) electrons. The number of para-hydroxylation sites is 1. The standard InChI is InChI=1S/C13H12N2O2.C2H6/c16-13(15-12-4-2-1-3-5-12)17-10-11-6-8-14-9-7-11;1-2/h1-9H,10H2,(H,15,16);1-2H3. The van der Waals surface area contributed by atoms with Gasteiger partial charge in [-0.25, -0.2) is 4.79 Å². The molecule has 1 amide bonds. The van der Waals surface area contributed by atoms with Gasteiger partial charge in [-0.1, -0.05) is 32.0 Å². The Bertz CT molecular complexity index is 472. The summed E-state index contributed by atoms with van der Waals surface area (Å²) in [7, 11) is 0. The average molecular weight is 258 g/mol. The molecule has 0 aliphatic heterocycles. The molecule has 0 unspecified atom stereocenters. The van der Waals surface area contributed by atoms with E-state index in [9.17, 15) is 4.79 Å². The summed E-state index contributed by atoms with van der Waals surface area (Å²) in [5, 5.41) is 2.64. The summed E-state index contributed by atoms with van der Waals surface area (Å²) in [6.45, 7) is 4.24. The van der Waals surface area contributed by atoms with Gasteiger partial charge in [0.25, 0.3) is 0 Å². The first-order chi connectivity index (χ1) is 9.34. The topological polar surface area (TPSA) is 51.2 Å². The summed E-state index contributed by atoms with van der Waals surface area (Å²) in [4.78, 5) is 15.3. The van der Waals surface area contributed by atoms with Gasteiger partial charge in [0.05, 0.1) is 0 Å². The van der Waals surface area contributed by atoms with Crippen molar-refractivity contribution in [1.82, 2.24) is 4.98 Å². The Hall–Kier alpha value is -2.36. The maximum atomic E-state index is 11.4. The lowest BCUT2D eigenvalue weighted by atomic mass is 10.3. The molecule has 0 bridgehead atoms. The number of anilines is 1. The highest BCUT2D eigenvalue weighted by Gasteiger charge is 2.02. The van der Waals surface area contributed by atoms with Crippen LogP contribution in [0.25, 0.3) is 0 Å². The number of aromatic nitrogens is 1. The van der Waals surface area contributed by atoms with Crippen molar-refractivity contribution in [2.24, 2.45) is 0 Å². The monoisotopic (exact) mass is 258 g/mol. The number of carbonyl (C=O) groups is 1. The molecule has 0 spiro atoms. The van der Waals surface area contributed by atoms with Crippen LogP contribution in [0.2, 0.25) is 0 Å². The predicted octanol–water partition coefficient (Wildman–Crippen LogP) is 3.86. The predicted molar refractivity (Wildman–Crippen MR) is 75.8 cm³/mol. The second kappa shape index (κ2) is 8.69. The van der Waals surface area contributed by atoms with Gasteiger partial charge < -0.3 is 4.74 Å². The molecule has 19 heavy (non-hydrogen) atoms. The Balaban J connectivity index is 0.000000861. The van der Waals surface area contributed by atoms with Gasteiger partial charge in [-0.05, 0) is 29.8 Å². The van der Waals surface area contributed by atoms with E-state index in [0.717, 1.165) is 5.56 Å². The number of rotatable bonds is 3. The third kappa shape index (κ3) is 5.68. The molecule has 0 saturated carbocycles. The number of benzene rings is 1. The van der Waals surface area contributed by atoms with Crippen LogP contribution in [0.1, 0.15) is 19.4 Å². The van der Waals surface area contributed by atoms with E-state index in [4.69, 9.17) is 4.74 Å². The molecule has 1 aromatic carbocycles. The minimum Gasteiger partial charge on any atom is -0.444 e. The maximum absolute atomic E-state index is 11.4. The number of ether oxygens (including phenoxy) is 1. The van der Waals surface area contributed by atoms with E-state index < -0.39 is 6.09 Å². The second-order valence-corrected chi connectivity index (χ2v) is 3.42. The van der Waals surface area contributed by atoms with Crippen LogP contribution in [0.4, 0.5) is 10.5 Å². The quantitative estimate of drug-likeness (QED) is 0.909. The molecule has 1 heterocycles. The van der Waals surface area contributed by atoms with Gasteiger partial charge in [-0.2, -0.15) is 0 Å². The van der Waals surface area contributed by atoms with E-state index in [-0.39, 0.29) is 6.61 Å². The zero-order valence-electron chi connectivity index (χ0n) is 11.2. The number of hydrogen-bond acceptors (Lipinski definition) is 3. The summed E-state index contributed by atoms with van der Waals surface area (Å²) in [6.07, 6.45) is 2.86. The highest BCUT2D eigenvalue weighted by atomic mass is 16.5. The highest BCUT2D eigenvalue weighted by Crippen LogP contribution is 2.06. The van der Waals surface area contributed by atoms with Gasteiger partial charge in [0.15, 0.2) is 0 Å². The van der Waals surface area contributed by atoms with Crippen molar-refractivity contribution in [3.8, 4) is 0 Å². The van der Waals surface area contributed by atoms with Gasteiger partial charge >= 0.3 is 6.09 Å². The Morgan fingerprint density at radius 3 is 2.37 bits per heavy atom. The van der Waals surface area contributed by atoms with E-state index in [1.165, 1.54) is 0 Å². The third-order valence-corrected chi connectivity index (χ3v) is 2.14. The highest BCUT2D eigenvalue weighted by molar-refractivity contribution is 5.84. The molecular weight excluding hydrogens is 240 g/mol. The lowest BCUT2D eigenvalue weighted by molar-refractivity contribution is 0.155. The minimum absolute atomic E-state index is 0.237. The molecule has 100 valence electrons. The van der Waals surface area contributed by atoms with E-state index in [2.05, 4.69) is 10.3 Å². The number of hydrogen-bond donors (Lipinski definition) is 1. The molecule has 1 N–H and O–H groups in total. The first-order valence-corrected chi connectivity index (χ1v) is 6.22. The summed E-state index contributed by atoms with van der Waals surface area (Å²) < 4.78 is 5.05. The first-order valence-electron chi connectivity index (χ1n) is 6.22. The lowest BCUT2D eigenvalue weighted by Gasteiger charge is -2.06. The van der Waals surface area contributed by atoms with E-state index in [0.29, 0.717) is 5.69 Å². The van der Waals surface area contributed by atoms with Crippen molar-refractivity contribution < 1.29 is 9.53 Å². The van der Waals surface area contributed by atoms with Crippen molar-refractivity contribution in [2.75, 3.05) is 5.32 Å². The van der Waals surface area contributed by atoms with Crippen LogP contribution in [-0.2, 0) is 11.3 Å². The molecule has 2 aromatic rings. The first kappa shape index (κ1) is 14.7. The van der Waals surface area contributed by atoms with Gasteiger partial charge in [0.2, 0.25) is 0 Å². The molecule has 1 aromatic heterocycles. The summed E-state index contributed by atoms with van der Waals surface area (Å²) in [5.41, 5.74) is 1.62. The Kier molecular flexibility index (Phi) is 6.72. The van der Waals surface area contributed by atoms with Crippen molar-refractivity contribution in [3.63, 3.8) is 0 Å². The SMILES string of the molecule is CC.O=C(Nc1ccccc1)OCc1ccncc1. The summed E-state index contributed by atoms with van der Waals surface area (Å²) in [5.74, 6) is 0. The second-order valence-electron chi connectivity index (χ2n) is 3.42. The van der Waals surface area contributed by atoms with Crippen LogP contribution in [0.3, 0.4) is 0 Å². The smallest absolute Gasteiger partial charge is 0.411 e.